The molecule has 1 fully saturated rings. The number of aromatic nitrogens is 1. The predicted molar refractivity (Wildman–Crippen MR) is 84.5 cm³/mol. The maximum Gasteiger partial charge on any atom is 0.317 e. The third kappa shape index (κ3) is 4.89. The van der Waals surface area contributed by atoms with Crippen LogP contribution in [-0.2, 0) is 11.3 Å². The molecular weight excluding hydrogens is 286 g/mol. The van der Waals surface area contributed by atoms with Gasteiger partial charge in [-0.1, -0.05) is 6.92 Å². The van der Waals surface area contributed by atoms with E-state index >= 15 is 0 Å². The molecule has 0 bridgehead atoms. The Labute approximate surface area is 130 Å². The van der Waals surface area contributed by atoms with Gasteiger partial charge in [0.1, 0.15) is 0 Å². The summed E-state index contributed by atoms with van der Waals surface area (Å²) in [4.78, 5) is 18.3. The van der Waals surface area contributed by atoms with Crippen molar-refractivity contribution in [1.29, 1.82) is 0 Å². The highest BCUT2D eigenvalue weighted by atomic mass is 32.2. The lowest BCUT2D eigenvalue weighted by Gasteiger charge is -2.35. The lowest BCUT2D eigenvalue weighted by molar-refractivity contribution is -0.0545. The van der Waals surface area contributed by atoms with Gasteiger partial charge < -0.3 is 15.0 Å². The third-order valence-corrected chi connectivity index (χ3v) is 4.05. The minimum atomic E-state index is -0.0292. The van der Waals surface area contributed by atoms with Gasteiger partial charge in [0.25, 0.3) is 0 Å². The van der Waals surface area contributed by atoms with E-state index in [1.54, 1.807) is 18.0 Å². The second kappa shape index (κ2) is 7.66. The fourth-order valence-corrected chi connectivity index (χ4v) is 3.09. The van der Waals surface area contributed by atoms with Crippen LogP contribution >= 0.6 is 11.8 Å². The number of hydrogen-bond donors (Lipinski definition) is 1. The zero-order valence-corrected chi connectivity index (χ0v) is 13.7. The minimum Gasteiger partial charge on any atom is -0.372 e. The Kier molecular flexibility index (Phi) is 5.87. The van der Waals surface area contributed by atoms with Crippen LogP contribution in [0.3, 0.4) is 0 Å². The molecule has 2 atom stereocenters. The summed E-state index contributed by atoms with van der Waals surface area (Å²) in [6, 6.07) is 3.93. The number of thioether (sulfide) groups is 1. The lowest BCUT2D eigenvalue weighted by atomic mass is 10.2. The summed E-state index contributed by atoms with van der Waals surface area (Å²) in [6.07, 6.45) is 1.97. The van der Waals surface area contributed by atoms with Crippen molar-refractivity contribution in [3.8, 4) is 0 Å². The van der Waals surface area contributed by atoms with Gasteiger partial charge in [0.15, 0.2) is 0 Å². The smallest absolute Gasteiger partial charge is 0.317 e. The van der Waals surface area contributed by atoms with Crippen molar-refractivity contribution in [2.24, 2.45) is 0 Å². The SMILES string of the molecule is CCSc1cc(CNC(=O)N2C[C@@H](C)O[C@H](C)C2)ccn1. The van der Waals surface area contributed by atoms with Crippen LogP contribution in [0.2, 0.25) is 0 Å². The second-order valence-electron chi connectivity index (χ2n) is 5.26. The lowest BCUT2D eigenvalue weighted by Crippen LogP contribution is -2.51. The molecule has 1 aromatic heterocycles. The van der Waals surface area contributed by atoms with E-state index in [1.165, 1.54) is 0 Å². The van der Waals surface area contributed by atoms with Crippen molar-refractivity contribution in [3.63, 3.8) is 0 Å². The first-order chi connectivity index (χ1) is 10.1. The highest BCUT2D eigenvalue weighted by Gasteiger charge is 2.25. The number of nitrogens with one attached hydrogen (secondary N) is 1. The standard InChI is InChI=1S/C15H23N3O2S/c1-4-21-14-7-13(5-6-16-14)8-17-15(19)18-9-11(2)20-12(3)10-18/h5-7,11-12H,4,8-10H2,1-3H3,(H,17,19)/t11-,12-/m1/s1. The molecule has 0 aliphatic carbocycles. The Morgan fingerprint density at radius 2 is 2.19 bits per heavy atom. The van der Waals surface area contributed by atoms with Crippen molar-refractivity contribution in [2.45, 2.75) is 44.5 Å². The predicted octanol–water partition coefficient (Wildman–Crippen LogP) is 2.51. The molecule has 1 aromatic rings. The highest BCUT2D eigenvalue weighted by molar-refractivity contribution is 7.99. The molecule has 1 aliphatic rings. The zero-order chi connectivity index (χ0) is 15.2. The number of morpholine rings is 1. The Hall–Kier alpha value is -1.27. The number of pyridine rings is 1. The number of rotatable bonds is 4. The molecule has 1 aliphatic heterocycles. The molecule has 6 heteroatoms. The first-order valence-corrected chi connectivity index (χ1v) is 8.33. The number of carbonyl (C=O) groups excluding carboxylic acids is 1. The first kappa shape index (κ1) is 16.1. The number of amides is 2. The van der Waals surface area contributed by atoms with Gasteiger partial charge >= 0.3 is 6.03 Å². The molecule has 0 unspecified atom stereocenters. The van der Waals surface area contributed by atoms with Crippen LogP contribution in [0.5, 0.6) is 0 Å². The van der Waals surface area contributed by atoms with Crippen LogP contribution in [0.1, 0.15) is 26.3 Å². The van der Waals surface area contributed by atoms with Gasteiger partial charge in [-0.05, 0) is 37.3 Å². The quantitative estimate of drug-likeness (QED) is 0.868. The van der Waals surface area contributed by atoms with Crippen molar-refractivity contribution in [3.05, 3.63) is 23.9 Å². The van der Waals surface area contributed by atoms with Crippen LogP contribution in [0.4, 0.5) is 4.79 Å². The van der Waals surface area contributed by atoms with Gasteiger partial charge in [0, 0.05) is 25.8 Å². The van der Waals surface area contributed by atoms with Crippen molar-refractivity contribution >= 4 is 17.8 Å². The summed E-state index contributed by atoms with van der Waals surface area (Å²) in [7, 11) is 0. The molecular formula is C15H23N3O2S. The van der Waals surface area contributed by atoms with Crippen LogP contribution in [-0.4, -0.2) is 47.0 Å². The Morgan fingerprint density at radius 1 is 1.48 bits per heavy atom. The fourth-order valence-electron chi connectivity index (χ4n) is 2.42. The number of nitrogens with zero attached hydrogens (tertiary/aromatic N) is 2. The van der Waals surface area contributed by atoms with Crippen LogP contribution < -0.4 is 5.32 Å². The van der Waals surface area contributed by atoms with E-state index in [1.807, 2.05) is 30.9 Å². The molecule has 21 heavy (non-hydrogen) atoms. The molecule has 2 heterocycles. The summed E-state index contributed by atoms with van der Waals surface area (Å²) in [5.41, 5.74) is 1.07. The molecule has 1 N–H and O–H groups in total. The summed E-state index contributed by atoms with van der Waals surface area (Å²) >= 11 is 1.70. The average Bonchev–Trinajstić information content (AvgIpc) is 2.44. The van der Waals surface area contributed by atoms with E-state index in [4.69, 9.17) is 4.74 Å². The zero-order valence-electron chi connectivity index (χ0n) is 12.8. The van der Waals surface area contributed by atoms with Crippen molar-refractivity contribution < 1.29 is 9.53 Å². The van der Waals surface area contributed by atoms with Gasteiger partial charge in [-0.25, -0.2) is 9.78 Å². The minimum absolute atomic E-state index is 0.0292. The number of urea groups is 1. The van der Waals surface area contributed by atoms with E-state index < -0.39 is 0 Å². The maximum absolute atomic E-state index is 12.2. The van der Waals surface area contributed by atoms with Gasteiger partial charge in [-0.2, -0.15) is 0 Å². The van der Waals surface area contributed by atoms with Gasteiger partial charge in [-0.3, -0.25) is 0 Å². The normalized spacial score (nSPS) is 22.1. The summed E-state index contributed by atoms with van der Waals surface area (Å²) in [5, 5.41) is 3.97. The molecule has 5 nitrogen and oxygen atoms in total. The van der Waals surface area contributed by atoms with Crippen LogP contribution in [0.15, 0.2) is 23.4 Å². The second-order valence-corrected chi connectivity index (χ2v) is 6.54. The largest absolute Gasteiger partial charge is 0.372 e. The molecule has 0 aromatic carbocycles. The first-order valence-electron chi connectivity index (χ1n) is 7.34. The summed E-state index contributed by atoms with van der Waals surface area (Å²) < 4.78 is 5.64. The van der Waals surface area contributed by atoms with E-state index in [0.29, 0.717) is 19.6 Å². The van der Waals surface area contributed by atoms with Crippen molar-refractivity contribution in [1.82, 2.24) is 15.2 Å². The molecule has 0 spiro atoms. The average molecular weight is 309 g/mol. The van der Waals surface area contributed by atoms with Gasteiger partial charge in [0.2, 0.25) is 0 Å². The topological polar surface area (TPSA) is 54.5 Å². The maximum atomic E-state index is 12.2. The Bertz CT molecular complexity index is 474. The summed E-state index contributed by atoms with van der Waals surface area (Å²) in [6.45, 7) is 7.90. The van der Waals surface area contributed by atoms with Gasteiger partial charge in [0.05, 0.1) is 17.2 Å². The third-order valence-electron chi connectivity index (χ3n) is 3.24. The fraction of sp³-hybridized carbons (Fsp3) is 0.600. The molecule has 0 radical (unpaired) electrons. The summed E-state index contributed by atoms with van der Waals surface area (Å²) in [5.74, 6) is 0.992. The molecule has 116 valence electrons. The van der Waals surface area contributed by atoms with E-state index in [9.17, 15) is 4.79 Å². The van der Waals surface area contributed by atoms with E-state index in [-0.39, 0.29) is 18.2 Å². The molecule has 2 rings (SSSR count). The number of hydrogen-bond acceptors (Lipinski definition) is 4. The van der Waals surface area contributed by atoms with E-state index in [2.05, 4.69) is 17.2 Å². The monoisotopic (exact) mass is 309 g/mol. The van der Waals surface area contributed by atoms with Crippen molar-refractivity contribution in [2.75, 3.05) is 18.8 Å². The Morgan fingerprint density at radius 3 is 2.86 bits per heavy atom. The van der Waals surface area contributed by atoms with Gasteiger partial charge in [-0.15, -0.1) is 11.8 Å². The molecule has 0 saturated carbocycles. The highest BCUT2D eigenvalue weighted by Crippen LogP contribution is 2.15. The molecule has 2 amide bonds. The number of ether oxygens (including phenoxy) is 1. The van der Waals surface area contributed by atoms with Crippen LogP contribution in [0, 0.1) is 0 Å². The number of carbonyl (C=O) groups is 1. The molecule has 1 saturated heterocycles. The van der Waals surface area contributed by atoms with Crippen LogP contribution in [0.25, 0.3) is 0 Å². The van der Waals surface area contributed by atoms with E-state index in [0.717, 1.165) is 16.3 Å². The Balaban J connectivity index is 1.87.